The minimum Gasteiger partial charge on any atom is -0.490 e. The van der Waals surface area contributed by atoms with Crippen molar-refractivity contribution in [2.24, 2.45) is 5.92 Å². The number of likely N-dealkylation sites (tertiary alicyclic amines) is 1. The average molecular weight is 369 g/mol. The van der Waals surface area contributed by atoms with Crippen LogP contribution in [-0.4, -0.2) is 41.6 Å². The number of carboxylic acids is 1. The van der Waals surface area contributed by atoms with Crippen LogP contribution in [0.5, 0.6) is 17.2 Å². The van der Waals surface area contributed by atoms with Crippen LogP contribution in [0.15, 0.2) is 48.5 Å². The molecule has 142 valence electrons. The molecule has 1 N–H and O–H groups in total. The van der Waals surface area contributed by atoms with E-state index < -0.39 is 11.9 Å². The Bertz CT molecular complexity index is 820. The van der Waals surface area contributed by atoms with Gasteiger partial charge in [0.05, 0.1) is 18.1 Å². The summed E-state index contributed by atoms with van der Waals surface area (Å²) in [7, 11) is 0. The number of hydrogen-bond donors (Lipinski definition) is 1. The lowest BCUT2D eigenvalue weighted by Crippen LogP contribution is -2.42. The molecule has 0 unspecified atom stereocenters. The Kier molecular flexibility index (Phi) is 5.96. The van der Waals surface area contributed by atoms with Crippen LogP contribution in [-0.2, 0) is 4.79 Å². The van der Waals surface area contributed by atoms with E-state index >= 15 is 0 Å². The number of para-hydroxylation sites is 3. The molecule has 1 fully saturated rings. The zero-order valence-electron chi connectivity index (χ0n) is 15.3. The van der Waals surface area contributed by atoms with E-state index in [0.29, 0.717) is 48.8 Å². The molecule has 1 aliphatic heterocycles. The number of ether oxygens (including phenoxy) is 2. The van der Waals surface area contributed by atoms with Gasteiger partial charge in [0, 0.05) is 13.1 Å². The molecule has 0 radical (unpaired) electrons. The van der Waals surface area contributed by atoms with Gasteiger partial charge in [0.1, 0.15) is 5.75 Å². The van der Waals surface area contributed by atoms with E-state index in [9.17, 15) is 14.7 Å². The molecule has 6 nitrogen and oxygen atoms in total. The van der Waals surface area contributed by atoms with E-state index in [1.165, 1.54) is 0 Å². The van der Waals surface area contributed by atoms with E-state index in [0.717, 1.165) is 0 Å². The van der Waals surface area contributed by atoms with E-state index in [1.54, 1.807) is 35.2 Å². The maximum absolute atomic E-state index is 13.0. The van der Waals surface area contributed by atoms with Gasteiger partial charge in [-0.15, -0.1) is 0 Å². The smallest absolute Gasteiger partial charge is 0.308 e. The minimum atomic E-state index is -0.859. The van der Waals surface area contributed by atoms with Crippen molar-refractivity contribution < 1.29 is 24.2 Å². The SMILES string of the molecule is CCOc1ccccc1Oc1ccccc1C(=O)N1CCC[C@H](C(=O)O)C1. The maximum atomic E-state index is 13.0. The Morgan fingerprint density at radius 2 is 1.74 bits per heavy atom. The lowest BCUT2D eigenvalue weighted by Gasteiger charge is -2.31. The molecule has 3 rings (SSSR count). The van der Waals surface area contributed by atoms with Crippen LogP contribution in [0.1, 0.15) is 30.1 Å². The van der Waals surface area contributed by atoms with Gasteiger partial charge >= 0.3 is 5.97 Å². The first-order valence-corrected chi connectivity index (χ1v) is 9.11. The highest BCUT2D eigenvalue weighted by Crippen LogP contribution is 2.33. The number of nitrogens with zero attached hydrogens (tertiary/aromatic N) is 1. The Morgan fingerprint density at radius 1 is 1.07 bits per heavy atom. The summed E-state index contributed by atoms with van der Waals surface area (Å²) in [5.41, 5.74) is 0.412. The second-order valence-electron chi connectivity index (χ2n) is 6.41. The summed E-state index contributed by atoms with van der Waals surface area (Å²) in [6.45, 7) is 3.17. The molecule has 1 saturated heterocycles. The second kappa shape index (κ2) is 8.58. The fourth-order valence-corrected chi connectivity index (χ4v) is 3.19. The Labute approximate surface area is 158 Å². The molecule has 6 heteroatoms. The van der Waals surface area contributed by atoms with Crippen molar-refractivity contribution in [1.29, 1.82) is 0 Å². The minimum absolute atomic E-state index is 0.217. The molecule has 1 amide bonds. The molecular weight excluding hydrogens is 346 g/mol. The van der Waals surface area contributed by atoms with Crippen LogP contribution < -0.4 is 9.47 Å². The first-order valence-electron chi connectivity index (χ1n) is 9.11. The summed E-state index contributed by atoms with van der Waals surface area (Å²) < 4.78 is 11.6. The highest BCUT2D eigenvalue weighted by atomic mass is 16.5. The van der Waals surface area contributed by atoms with Crippen molar-refractivity contribution in [2.75, 3.05) is 19.7 Å². The number of rotatable bonds is 6. The molecule has 0 aliphatic carbocycles. The Balaban J connectivity index is 1.84. The van der Waals surface area contributed by atoms with Crippen molar-refractivity contribution in [3.8, 4) is 17.2 Å². The monoisotopic (exact) mass is 369 g/mol. The molecular formula is C21H23NO5. The number of carboxylic acid groups (broad SMARTS) is 1. The van der Waals surface area contributed by atoms with Gasteiger partial charge in [-0.1, -0.05) is 24.3 Å². The number of hydrogen-bond acceptors (Lipinski definition) is 4. The summed E-state index contributed by atoms with van der Waals surface area (Å²) in [5, 5.41) is 9.26. The van der Waals surface area contributed by atoms with Crippen LogP contribution in [0.25, 0.3) is 0 Å². The quantitative estimate of drug-likeness (QED) is 0.838. The molecule has 2 aromatic carbocycles. The van der Waals surface area contributed by atoms with E-state index in [-0.39, 0.29) is 12.5 Å². The Hall–Kier alpha value is -3.02. The van der Waals surface area contributed by atoms with Gasteiger partial charge in [-0.2, -0.15) is 0 Å². The highest BCUT2D eigenvalue weighted by Gasteiger charge is 2.29. The van der Waals surface area contributed by atoms with E-state index in [1.807, 2.05) is 25.1 Å². The third kappa shape index (κ3) is 4.39. The van der Waals surface area contributed by atoms with Gasteiger partial charge in [-0.05, 0) is 44.0 Å². The third-order valence-corrected chi connectivity index (χ3v) is 4.54. The fourth-order valence-electron chi connectivity index (χ4n) is 3.19. The highest BCUT2D eigenvalue weighted by molar-refractivity contribution is 5.97. The number of amides is 1. The summed E-state index contributed by atoms with van der Waals surface area (Å²) >= 11 is 0. The van der Waals surface area contributed by atoms with Gasteiger partial charge in [0.25, 0.3) is 5.91 Å². The first-order chi connectivity index (χ1) is 13.1. The second-order valence-corrected chi connectivity index (χ2v) is 6.41. The molecule has 1 heterocycles. The van der Waals surface area contributed by atoms with Crippen molar-refractivity contribution in [2.45, 2.75) is 19.8 Å². The predicted molar refractivity (Wildman–Crippen MR) is 100 cm³/mol. The Morgan fingerprint density at radius 3 is 2.44 bits per heavy atom. The lowest BCUT2D eigenvalue weighted by atomic mass is 9.97. The van der Waals surface area contributed by atoms with Crippen molar-refractivity contribution in [3.05, 3.63) is 54.1 Å². The first kappa shape index (κ1) is 18.8. The van der Waals surface area contributed by atoms with Crippen LogP contribution in [0.3, 0.4) is 0 Å². The molecule has 2 aromatic rings. The van der Waals surface area contributed by atoms with Crippen LogP contribution in [0, 0.1) is 5.92 Å². The van der Waals surface area contributed by atoms with E-state index in [4.69, 9.17) is 9.47 Å². The summed E-state index contributed by atoms with van der Waals surface area (Å²) in [6, 6.07) is 14.3. The summed E-state index contributed by atoms with van der Waals surface area (Å²) in [6.07, 6.45) is 1.28. The topological polar surface area (TPSA) is 76.1 Å². The van der Waals surface area contributed by atoms with Gasteiger partial charge in [0.2, 0.25) is 0 Å². The molecule has 1 aliphatic rings. The van der Waals surface area contributed by atoms with Crippen LogP contribution >= 0.6 is 0 Å². The van der Waals surface area contributed by atoms with Gasteiger partial charge in [-0.3, -0.25) is 9.59 Å². The number of carbonyl (C=O) groups excluding carboxylic acids is 1. The zero-order chi connectivity index (χ0) is 19.2. The number of piperidine rings is 1. The molecule has 0 spiro atoms. The number of benzene rings is 2. The average Bonchev–Trinajstić information content (AvgIpc) is 2.69. The van der Waals surface area contributed by atoms with Crippen molar-refractivity contribution in [3.63, 3.8) is 0 Å². The number of aliphatic carboxylic acids is 1. The molecule has 0 aromatic heterocycles. The summed E-state index contributed by atoms with van der Waals surface area (Å²) in [5.74, 6) is -0.0393. The normalized spacial score (nSPS) is 16.6. The maximum Gasteiger partial charge on any atom is 0.308 e. The third-order valence-electron chi connectivity index (χ3n) is 4.54. The van der Waals surface area contributed by atoms with E-state index in [2.05, 4.69) is 0 Å². The summed E-state index contributed by atoms with van der Waals surface area (Å²) in [4.78, 5) is 25.9. The fraction of sp³-hybridized carbons (Fsp3) is 0.333. The van der Waals surface area contributed by atoms with Crippen LogP contribution in [0.2, 0.25) is 0 Å². The molecule has 1 atom stereocenters. The van der Waals surface area contributed by atoms with Crippen LogP contribution in [0.4, 0.5) is 0 Å². The van der Waals surface area contributed by atoms with Gasteiger partial charge in [0.15, 0.2) is 11.5 Å². The molecule has 27 heavy (non-hydrogen) atoms. The molecule has 0 bridgehead atoms. The predicted octanol–water partition coefficient (Wildman–Crippen LogP) is 3.81. The largest absolute Gasteiger partial charge is 0.490 e. The molecule has 0 saturated carbocycles. The van der Waals surface area contributed by atoms with Crippen molar-refractivity contribution >= 4 is 11.9 Å². The van der Waals surface area contributed by atoms with Gasteiger partial charge in [-0.25, -0.2) is 0 Å². The van der Waals surface area contributed by atoms with Crippen molar-refractivity contribution in [1.82, 2.24) is 4.90 Å². The van der Waals surface area contributed by atoms with Gasteiger partial charge < -0.3 is 19.5 Å². The number of carbonyl (C=O) groups is 2. The lowest BCUT2D eigenvalue weighted by molar-refractivity contribution is -0.143. The zero-order valence-corrected chi connectivity index (χ0v) is 15.3. The standard InChI is InChI=1S/C21H23NO5/c1-2-26-18-11-5-6-12-19(18)27-17-10-4-3-9-16(17)20(23)22-13-7-8-15(14-22)21(24)25/h3-6,9-12,15H,2,7-8,13-14H2,1H3,(H,24,25)/t15-/m0/s1.